The highest BCUT2D eigenvalue weighted by molar-refractivity contribution is 5.25. The van der Waals surface area contributed by atoms with Gasteiger partial charge in [-0.25, -0.2) is 0 Å². The number of hydrogen-bond donors (Lipinski definition) is 0. The highest BCUT2D eigenvalue weighted by atomic mass is 15.1. The fourth-order valence-corrected chi connectivity index (χ4v) is 1.43. The van der Waals surface area contributed by atoms with Gasteiger partial charge < -0.3 is 0 Å². The van der Waals surface area contributed by atoms with Crippen molar-refractivity contribution in [3.8, 4) is 0 Å². The van der Waals surface area contributed by atoms with Crippen molar-refractivity contribution in [3.05, 3.63) is 47.5 Å². The van der Waals surface area contributed by atoms with Crippen LogP contribution in [-0.4, -0.2) is 18.5 Å². The van der Waals surface area contributed by atoms with E-state index in [9.17, 15) is 0 Å². The molecule has 0 aliphatic carbocycles. The first-order chi connectivity index (χ1) is 6.74. The molecule has 1 nitrogen and oxygen atoms in total. The van der Waals surface area contributed by atoms with E-state index < -0.39 is 0 Å². The van der Waals surface area contributed by atoms with Gasteiger partial charge in [0.25, 0.3) is 0 Å². The minimum atomic E-state index is 1.02. The highest BCUT2D eigenvalue weighted by Gasteiger charge is 2.00. The van der Waals surface area contributed by atoms with Gasteiger partial charge in [0.2, 0.25) is 0 Å². The van der Waals surface area contributed by atoms with Gasteiger partial charge >= 0.3 is 0 Å². The molecule has 0 bridgehead atoms. The number of likely N-dealkylation sites (N-methyl/N-ethyl adjacent to an activating group) is 1. The third-order valence-electron chi connectivity index (χ3n) is 2.35. The van der Waals surface area contributed by atoms with Crippen molar-refractivity contribution in [2.45, 2.75) is 20.4 Å². The lowest BCUT2D eigenvalue weighted by atomic mass is 10.1. The molecular weight excluding hydrogens is 170 g/mol. The standard InChI is InChI=1S/C13H19N/c1-4-5-10-14(3)11-13-9-7-6-8-12(13)2/h4-9H,10-11H2,1-3H3/b5-4+. The average Bonchev–Trinajstić information content (AvgIpc) is 2.18. The third kappa shape index (κ3) is 3.35. The Morgan fingerprint density at radius 3 is 2.64 bits per heavy atom. The maximum atomic E-state index is 2.31. The third-order valence-corrected chi connectivity index (χ3v) is 2.35. The molecule has 0 heterocycles. The van der Waals surface area contributed by atoms with Gasteiger partial charge in [-0.15, -0.1) is 0 Å². The van der Waals surface area contributed by atoms with Crippen molar-refractivity contribution in [2.24, 2.45) is 0 Å². The van der Waals surface area contributed by atoms with Gasteiger partial charge in [-0.1, -0.05) is 36.4 Å². The molecule has 0 aliphatic rings. The molecule has 0 amide bonds. The predicted molar refractivity (Wildman–Crippen MR) is 62.3 cm³/mol. The summed E-state index contributed by atoms with van der Waals surface area (Å²) in [6.45, 7) is 6.27. The van der Waals surface area contributed by atoms with Crippen molar-refractivity contribution in [1.29, 1.82) is 0 Å². The Hall–Kier alpha value is -1.08. The van der Waals surface area contributed by atoms with Crippen LogP contribution in [0.25, 0.3) is 0 Å². The van der Waals surface area contributed by atoms with Gasteiger partial charge in [-0.2, -0.15) is 0 Å². The maximum Gasteiger partial charge on any atom is 0.0236 e. The van der Waals surface area contributed by atoms with E-state index in [-0.39, 0.29) is 0 Å². The quantitative estimate of drug-likeness (QED) is 0.658. The van der Waals surface area contributed by atoms with Gasteiger partial charge in [0.15, 0.2) is 0 Å². The first-order valence-electron chi connectivity index (χ1n) is 5.08. The van der Waals surface area contributed by atoms with E-state index in [1.807, 2.05) is 0 Å². The van der Waals surface area contributed by atoms with Crippen LogP contribution < -0.4 is 0 Å². The summed E-state index contributed by atoms with van der Waals surface area (Å²) in [5.74, 6) is 0. The molecule has 0 fully saturated rings. The molecule has 0 N–H and O–H groups in total. The molecule has 0 aromatic heterocycles. The lowest BCUT2D eigenvalue weighted by Gasteiger charge is -2.15. The molecule has 0 radical (unpaired) electrons. The minimum absolute atomic E-state index is 1.02. The van der Waals surface area contributed by atoms with Crippen LogP contribution in [0.15, 0.2) is 36.4 Å². The lowest BCUT2D eigenvalue weighted by Crippen LogP contribution is -2.18. The minimum Gasteiger partial charge on any atom is -0.298 e. The van der Waals surface area contributed by atoms with E-state index in [2.05, 4.69) is 62.2 Å². The molecule has 1 aromatic carbocycles. The molecule has 14 heavy (non-hydrogen) atoms. The van der Waals surface area contributed by atoms with Crippen molar-refractivity contribution in [2.75, 3.05) is 13.6 Å². The van der Waals surface area contributed by atoms with Crippen LogP contribution in [0.4, 0.5) is 0 Å². The first kappa shape index (κ1) is 11.0. The molecule has 1 aromatic rings. The molecule has 76 valence electrons. The first-order valence-corrected chi connectivity index (χ1v) is 5.08. The Morgan fingerprint density at radius 2 is 2.00 bits per heavy atom. The Morgan fingerprint density at radius 1 is 1.29 bits per heavy atom. The van der Waals surface area contributed by atoms with Crippen LogP contribution in [0.3, 0.4) is 0 Å². The topological polar surface area (TPSA) is 3.24 Å². The van der Waals surface area contributed by atoms with Crippen LogP contribution in [0.2, 0.25) is 0 Å². The smallest absolute Gasteiger partial charge is 0.0236 e. The monoisotopic (exact) mass is 189 g/mol. The van der Waals surface area contributed by atoms with E-state index >= 15 is 0 Å². The SMILES string of the molecule is C/C=C/CN(C)Cc1ccccc1C. The number of hydrogen-bond acceptors (Lipinski definition) is 1. The van der Waals surface area contributed by atoms with Gasteiger partial charge in [-0.3, -0.25) is 4.90 Å². The van der Waals surface area contributed by atoms with Gasteiger partial charge in [-0.05, 0) is 32.0 Å². The summed E-state index contributed by atoms with van der Waals surface area (Å²) in [6.07, 6.45) is 4.27. The van der Waals surface area contributed by atoms with Crippen LogP contribution in [0, 0.1) is 6.92 Å². The lowest BCUT2D eigenvalue weighted by molar-refractivity contribution is 0.362. The molecule has 0 saturated carbocycles. The van der Waals surface area contributed by atoms with E-state index in [4.69, 9.17) is 0 Å². The maximum absolute atomic E-state index is 2.31. The summed E-state index contributed by atoms with van der Waals surface area (Å²) in [4.78, 5) is 2.31. The number of allylic oxidation sites excluding steroid dienone is 1. The predicted octanol–water partition coefficient (Wildman–Crippen LogP) is 3.00. The second-order valence-corrected chi connectivity index (χ2v) is 3.69. The normalized spacial score (nSPS) is 11.4. The molecule has 0 saturated heterocycles. The van der Waals surface area contributed by atoms with Crippen molar-refractivity contribution in [3.63, 3.8) is 0 Å². The Balaban J connectivity index is 2.55. The number of aryl methyl sites for hydroxylation is 1. The van der Waals surface area contributed by atoms with Gasteiger partial charge in [0.05, 0.1) is 0 Å². The fourth-order valence-electron chi connectivity index (χ4n) is 1.43. The second kappa shape index (κ2) is 5.61. The summed E-state index contributed by atoms with van der Waals surface area (Å²) in [5.41, 5.74) is 2.79. The molecule has 0 spiro atoms. The summed E-state index contributed by atoms with van der Waals surface area (Å²) >= 11 is 0. The van der Waals surface area contributed by atoms with Gasteiger partial charge in [0, 0.05) is 13.1 Å². The van der Waals surface area contributed by atoms with E-state index in [0.717, 1.165) is 13.1 Å². The van der Waals surface area contributed by atoms with E-state index in [1.54, 1.807) is 0 Å². The Bertz CT molecular complexity index is 302. The summed E-state index contributed by atoms with van der Waals surface area (Å²) in [5, 5.41) is 0. The van der Waals surface area contributed by atoms with Crippen LogP contribution in [-0.2, 0) is 6.54 Å². The van der Waals surface area contributed by atoms with Gasteiger partial charge in [0.1, 0.15) is 0 Å². The summed E-state index contributed by atoms with van der Waals surface area (Å²) in [6, 6.07) is 8.55. The Labute approximate surface area is 87.1 Å². The zero-order valence-electron chi connectivity index (χ0n) is 9.33. The largest absolute Gasteiger partial charge is 0.298 e. The average molecular weight is 189 g/mol. The molecular formula is C13H19N. The Kier molecular flexibility index (Phi) is 4.41. The molecule has 0 atom stereocenters. The van der Waals surface area contributed by atoms with Crippen molar-refractivity contribution >= 4 is 0 Å². The molecule has 0 unspecified atom stereocenters. The zero-order chi connectivity index (χ0) is 10.4. The molecule has 1 rings (SSSR count). The van der Waals surface area contributed by atoms with Crippen LogP contribution >= 0.6 is 0 Å². The number of rotatable bonds is 4. The van der Waals surface area contributed by atoms with Crippen molar-refractivity contribution in [1.82, 2.24) is 4.90 Å². The number of nitrogens with zero attached hydrogens (tertiary/aromatic N) is 1. The second-order valence-electron chi connectivity index (χ2n) is 3.69. The zero-order valence-corrected chi connectivity index (χ0v) is 9.33. The summed E-state index contributed by atoms with van der Waals surface area (Å²) < 4.78 is 0. The van der Waals surface area contributed by atoms with E-state index in [1.165, 1.54) is 11.1 Å². The molecule has 0 aliphatic heterocycles. The van der Waals surface area contributed by atoms with Crippen molar-refractivity contribution < 1.29 is 0 Å². The summed E-state index contributed by atoms with van der Waals surface area (Å²) in [7, 11) is 2.15. The number of benzene rings is 1. The highest BCUT2D eigenvalue weighted by Crippen LogP contribution is 2.08. The van der Waals surface area contributed by atoms with E-state index in [0.29, 0.717) is 0 Å². The van der Waals surface area contributed by atoms with Crippen LogP contribution in [0.5, 0.6) is 0 Å². The molecule has 1 heteroatoms. The fraction of sp³-hybridized carbons (Fsp3) is 0.385. The van der Waals surface area contributed by atoms with Crippen LogP contribution in [0.1, 0.15) is 18.1 Å².